The van der Waals surface area contributed by atoms with E-state index in [4.69, 9.17) is 28.4 Å². The molecule has 0 spiro atoms. The van der Waals surface area contributed by atoms with Crippen LogP contribution in [-0.2, 0) is 44.4 Å². The van der Waals surface area contributed by atoms with E-state index in [1.54, 1.807) is 0 Å². The fraction of sp³-hybridized carbons (Fsp3) is 0.579. The highest BCUT2D eigenvalue weighted by Gasteiger charge is 2.35. The van der Waals surface area contributed by atoms with Gasteiger partial charge in [-0.15, -0.1) is 0 Å². The highest BCUT2D eigenvalue weighted by Crippen LogP contribution is 2.22. The molecule has 1 rings (SSSR count). The summed E-state index contributed by atoms with van der Waals surface area (Å²) in [6.45, 7) is 2.90. The summed E-state index contributed by atoms with van der Waals surface area (Å²) in [5.74, 6) is -5.23. The van der Waals surface area contributed by atoms with Gasteiger partial charge in [0, 0.05) is 42.3 Å². The average Bonchev–Trinajstić information content (AvgIpc) is 2.67. The van der Waals surface area contributed by atoms with Crippen LogP contribution in [-0.4, -0.2) is 52.3 Å². The van der Waals surface area contributed by atoms with E-state index in [9.17, 15) is 9.59 Å². The number of carbonyl (C=O) groups excluding carboxylic acids is 2. The third kappa shape index (κ3) is 7.26. The first kappa shape index (κ1) is 23.0. The van der Waals surface area contributed by atoms with E-state index in [-0.39, 0.29) is 12.8 Å². The first-order valence-electron chi connectivity index (χ1n) is 8.40. The summed E-state index contributed by atoms with van der Waals surface area (Å²) in [6, 6.07) is 9.26. The Morgan fingerprint density at radius 1 is 0.852 bits per heavy atom. The Balaban J connectivity index is 2.93. The van der Waals surface area contributed by atoms with E-state index in [0.717, 1.165) is 5.56 Å². The van der Waals surface area contributed by atoms with Crippen molar-refractivity contribution < 1.29 is 38.0 Å². The molecule has 152 valence electrons. The molecule has 1 unspecified atom stereocenters. The van der Waals surface area contributed by atoms with Crippen LogP contribution in [0.5, 0.6) is 0 Å². The van der Waals surface area contributed by atoms with E-state index >= 15 is 0 Å². The van der Waals surface area contributed by atoms with E-state index in [1.807, 2.05) is 30.3 Å². The van der Waals surface area contributed by atoms with Gasteiger partial charge in [0.15, 0.2) is 0 Å². The van der Waals surface area contributed by atoms with Gasteiger partial charge in [-0.1, -0.05) is 30.3 Å². The molecule has 0 heterocycles. The normalized spacial score (nSPS) is 13.1. The second-order valence-corrected chi connectivity index (χ2v) is 6.03. The minimum absolute atomic E-state index is 0.237. The lowest BCUT2D eigenvalue weighted by molar-refractivity contribution is -0.337. The summed E-state index contributed by atoms with van der Waals surface area (Å²) in [7, 11) is 5.38. The number of carbonyl (C=O) groups is 2. The highest BCUT2D eigenvalue weighted by molar-refractivity contribution is 5.80. The summed E-state index contributed by atoms with van der Waals surface area (Å²) >= 11 is 0. The Morgan fingerprint density at radius 2 is 1.33 bits per heavy atom. The first-order chi connectivity index (χ1) is 12.7. The number of benzene rings is 1. The Hall–Kier alpha value is -2.00. The van der Waals surface area contributed by atoms with Crippen molar-refractivity contribution >= 4 is 11.9 Å². The van der Waals surface area contributed by atoms with Crippen molar-refractivity contribution in [2.24, 2.45) is 5.92 Å². The number of hydrogen-bond donors (Lipinski definition) is 0. The topological polar surface area (TPSA) is 89.5 Å². The zero-order valence-electron chi connectivity index (χ0n) is 16.6. The zero-order chi connectivity index (χ0) is 20.5. The van der Waals surface area contributed by atoms with Crippen LogP contribution in [0.4, 0.5) is 0 Å². The predicted molar refractivity (Wildman–Crippen MR) is 95.3 cm³/mol. The van der Waals surface area contributed by atoms with Crippen LogP contribution in [0.25, 0.3) is 0 Å². The van der Waals surface area contributed by atoms with Gasteiger partial charge in [-0.25, -0.2) is 0 Å². The molecule has 8 heteroatoms. The standard InChI is InChI=1S/C19H28O8/c1-18(22-3,23-4)26-16(20)13-15(12-14-10-8-7-9-11-14)17(21)27-19(2,24-5)25-6/h7-11,15H,12-13H2,1-6H3. The van der Waals surface area contributed by atoms with Crippen molar-refractivity contribution in [3.63, 3.8) is 0 Å². The Morgan fingerprint density at radius 3 is 1.81 bits per heavy atom. The monoisotopic (exact) mass is 384 g/mol. The molecular weight excluding hydrogens is 356 g/mol. The third-order valence-corrected chi connectivity index (χ3v) is 4.14. The van der Waals surface area contributed by atoms with Crippen molar-refractivity contribution in [2.75, 3.05) is 28.4 Å². The maximum absolute atomic E-state index is 12.7. The molecule has 1 aromatic rings. The summed E-state index contributed by atoms with van der Waals surface area (Å²) in [5, 5.41) is 0. The van der Waals surface area contributed by atoms with Crippen LogP contribution in [0.2, 0.25) is 0 Å². The fourth-order valence-electron chi connectivity index (χ4n) is 2.19. The lowest BCUT2D eigenvalue weighted by atomic mass is 9.96. The molecule has 0 N–H and O–H groups in total. The molecule has 0 fully saturated rings. The molecule has 1 aromatic carbocycles. The van der Waals surface area contributed by atoms with Gasteiger partial charge in [-0.3, -0.25) is 9.59 Å². The van der Waals surface area contributed by atoms with Crippen molar-refractivity contribution in [2.45, 2.75) is 38.6 Å². The molecule has 0 saturated carbocycles. The molecule has 0 aliphatic carbocycles. The number of methoxy groups -OCH3 is 4. The quantitative estimate of drug-likeness (QED) is 0.424. The van der Waals surface area contributed by atoms with Gasteiger partial charge in [0.1, 0.15) is 0 Å². The number of hydrogen-bond acceptors (Lipinski definition) is 8. The van der Waals surface area contributed by atoms with Gasteiger partial charge in [0.05, 0.1) is 12.3 Å². The van der Waals surface area contributed by atoms with E-state index in [1.165, 1.54) is 42.3 Å². The van der Waals surface area contributed by atoms with Crippen LogP contribution in [0.1, 0.15) is 25.8 Å². The van der Waals surface area contributed by atoms with E-state index in [2.05, 4.69) is 0 Å². The summed E-state index contributed by atoms with van der Waals surface area (Å²) in [6.07, 6.45) is 0.0362. The van der Waals surface area contributed by atoms with Crippen LogP contribution in [0, 0.1) is 5.92 Å². The lowest BCUT2D eigenvalue weighted by Crippen LogP contribution is -2.40. The third-order valence-electron chi connectivity index (χ3n) is 4.14. The minimum Gasteiger partial charge on any atom is -0.408 e. The van der Waals surface area contributed by atoms with Crippen molar-refractivity contribution in [3.8, 4) is 0 Å². The van der Waals surface area contributed by atoms with Crippen LogP contribution in [0.15, 0.2) is 30.3 Å². The predicted octanol–water partition coefficient (Wildman–Crippen LogP) is 2.25. The Bertz CT molecular complexity index is 593. The second-order valence-electron chi connectivity index (χ2n) is 6.03. The van der Waals surface area contributed by atoms with Gasteiger partial charge in [0.25, 0.3) is 0 Å². The number of ether oxygens (including phenoxy) is 6. The molecule has 8 nitrogen and oxygen atoms in total. The minimum atomic E-state index is -1.55. The fourth-order valence-corrected chi connectivity index (χ4v) is 2.19. The van der Waals surface area contributed by atoms with Gasteiger partial charge in [0.2, 0.25) is 0 Å². The Kier molecular flexibility index (Phi) is 8.84. The molecule has 0 aliphatic rings. The lowest BCUT2D eigenvalue weighted by Gasteiger charge is -2.29. The molecule has 0 aromatic heterocycles. The van der Waals surface area contributed by atoms with E-state index < -0.39 is 29.8 Å². The van der Waals surface area contributed by atoms with Crippen molar-refractivity contribution in [1.82, 2.24) is 0 Å². The number of esters is 2. The molecule has 0 saturated heterocycles. The first-order valence-corrected chi connectivity index (χ1v) is 8.40. The molecule has 0 radical (unpaired) electrons. The van der Waals surface area contributed by atoms with Crippen LogP contribution in [0.3, 0.4) is 0 Å². The van der Waals surface area contributed by atoms with Gasteiger partial charge < -0.3 is 28.4 Å². The van der Waals surface area contributed by atoms with Crippen LogP contribution >= 0.6 is 0 Å². The molecule has 27 heavy (non-hydrogen) atoms. The second kappa shape index (κ2) is 10.4. The maximum atomic E-state index is 12.7. The smallest absolute Gasteiger partial charge is 0.325 e. The van der Waals surface area contributed by atoms with Crippen molar-refractivity contribution in [1.29, 1.82) is 0 Å². The Labute approximate surface area is 159 Å². The maximum Gasteiger partial charge on any atom is 0.325 e. The largest absolute Gasteiger partial charge is 0.408 e. The SMILES string of the molecule is COC(C)(OC)OC(=O)CC(Cc1ccccc1)C(=O)OC(C)(OC)OC. The van der Waals surface area contributed by atoms with Crippen molar-refractivity contribution in [3.05, 3.63) is 35.9 Å². The molecular formula is C19H28O8. The highest BCUT2D eigenvalue weighted by atomic mass is 16.9. The molecule has 0 aliphatic heterocycles. The summed E-state index contributed by atoms with van der Waals surface area (Å²) in [5.41, 5.74) is 0.866. The summed E-state index contributed by atoms with van der Waals surface area (Å²) in [4.78, 5) is 25.0. The van der Waals surface area contributed by atoms with Gasteiger partial charge >= 0.3 is 23.9 Å². The van der Waals surface area contributed by atoms with Crippen LogP contribution < -0.4 is 0 Å². The molecule has 0 amide bonds. The summed E-state index contributed by atoms with van der Waals surface area (Å²) < 4.78 is 30.6. The van der Waals surface area contributed by atoms with Gasteiger partial charge in [-0.05, 0) is 12.0 Å². The average molecular weight is 384 g/mol. The zero-order valence-corrected chi connectivity index (χ0v) is 16.6. The van der Waals surface area contributed by atoms with E-state index in [0.29, 0.717) is 0 Å². The molecule has 0 bridgehead atoms. The number of rotatable bonds is 11. The van der Waals surface area contributed by atoms with Gasteiger partial charge in [-0.2, -0.15) is 0 Å². The molecule has 1 atom stereocenters.